The molecule has 0 spiro atoms. The number of ether oxygens (including phenoxy) is 2. The van der Waals surface area contributed by atoms with Gasteiger partial charge in [0.2, 0.25) is 0 Å². The van der Waals surface area contributed by atoms with E-state index in [-0.39, 0.29) is 11.4 Å². The summed E-state index contributed by atoms with van der Waals surface area (Å²) in [6.45, 7) is 4.22. The summed E-state index contributed by atoms with van der Waals surface area (Å²) in [6, 6.07) is 20.6. The first-order valence-electron chi connectivity index (χ1n) is 11.9. The Labute approximate surface area is 226 Å². The highest BCUT2D eigenvalue weighted by Gasteiger charge is 2.25. The molecule has 3 aromatic carbocycles. The summed E-state index contributed by atoms with van der Waals surface area (Å²) in [6.07, 6.45) is 1.77. The number of carbonyl (C=O) groups excluding carboxylic acids is 2. The summed E-state index contributed by atoms with van der Waals surface area (Å²) in [5, 5.41) is 7.57. The summed E-state index contributed by atoms with van der Waals surface area (Å²) < 4.78 is 11.3. The maximum atomic E-state index is 13.0. The maximum absolute atomic E-state index is 13.0. The third-order valence-electron chi connectivity index (χ3n) is 5.20. The summed E-state index contributed by atoms with van der Waals surface area (Å²) >= 11 is 12.1. The first-order valence-corrected chi connectivity index (χ1v) is 12.6. The van der Waals surface area contributed by atoms with Crippen molar-refractivity contribution in [2.45, 2.75) is 38.8 Å². The van der Waals surface area contributed by atoms with Crippen molar-refractivity contribution in [3.63, 3.8) is 0 Å². The number of hydrogen-bond acceptors (Lipinski definition) is 5. The lowest BCUT2D eigenvalue weighted by molar-refractivity contribution is -0.132. The number of carbonyl (C=O) groups is 2. The molecule has 2 atom stereocenters. The zero-order valence-electron chi connectivity index (χ0n) is 20.6. The Kier molecular flexibility index (Phi) is 10.8. The fourth-order valence-corrected chi connectivity index (χ4v) is 3.77. The van der Waals surface area contributed by atoms with Gasteiger partial charge in [0.15, 0.2) is 6.10 Å². The van der Waals surface area contributed by atoms with Gasteiger partial charge < -0.3 is 14.8 Å². The van der Waals surface area contributed by atoms with Crippen LogP contribution in [0.2, 0.25) is 10.0 Å². The first kappa shape index (κ1) is 28.0. The number of nitrogens with zero attached hydrogens (tertiary/aromatic N) is 1. The van der Waals surface area contributed by atoms with Gasteiger partial charge in [0.1, 0.15) is 17.5 Å². The van der Waals surface area contributed by atoms with Crippen molar-refractivity contribution in [1.29, 1.82) is 0 Å². The fraction of sp³-hybridized carbons (Fsp3) is 0.250. The second kappa shape index (κ2) is 14.3. The molecule has 0 aliphatic heterocycles. The normalized spacial score (nSPS) is 12.5. The van der Waals surface area contributed by atoms with Crippen LogP contribution in [0.25, 0.3) is 0 Å². The van der Waals surface area contributed by atoms with Crippen LogP contribution in [0.4, 0.5) is 0 Å². The molecule has 0 fully saturated rings. The Hall–Kier alpha value is -3.55. The second-order valence-corrected chi connectivity index (χ2v) is 9.08. The van der Waals surface area contributed by atoms with E-state index in [2.05, 4.69) is 15.8 Å². The highest BCUT2D eigenvalue weighted by Crippen LogP contribution is 2.28. The van der Waals surface area contributed by atoms with Crippen LogP contribution in [-0.2, 0) is 16.0 Å². The van der Waals surface area contributed by atoms with Crippen molar-refractivity contribution in [2.75, 3.05) is 6.61 Å². The zero-order chi connectivity index (χ0) is 26.6. The standard InChI is InChI=1S/C28H29Cl2N3O4/c1-3-14-36-23-11-7-10-21(15-23)18-31-33-28(35)25(16-20-8-5-4-6-9-20)32-27(34)19(2)37-26-13-12-22(29)17-24(26)30/h4-13,15,17-19,25H,3,14,16H2,1-2H3,(H,32,34)(H,33,35)/b31-18-/t19-,25+/m1/s1. The van der Waals surface area contributed by atoms with Crippen molar-refractivity contribution in [3.8, 4) is 11.5 Å². The molecule has 2 amide bonds. The monoisotopic (exact) mass is 541 g/mol. The van der Waals surface area contributed by atoms with Gasteiger partial charge in [-0.3, -0.25) is 9.59 Å². The van der Waals surface area contributed by atoms with E-state index in [9.17, 15) is 9.59 Å². The number of hydrogen-bond donors (Lipinski definition) is 2. The van der Waals surface area contributed by atoms with Crippen molar-refractivity contribution >= 4 is 41.2 Å². The highest BCUT2D eigenvalue weighted by atomic mass is 35.5. The van der Waals surface area contributed by atoms with Crippen LogP contribution in [0.5, 0.6) is 11.5 Å². The highest BCUT2D eigenvalue weighted by molar-refractivity contribution is 6.35. The van der Waals surface area contributed by atoms with Crippen LogP contribution in [0.3, 0.4) is 0 Å². The average Bonchev–Trinajstić information content (AvgIpc) is 2.89. The quantitative estimate of drug-likeness (QED) is 0.236. The lowest BCUT2D eigenvalue weighted by Crippen LogP contribution is -2.50. The predicted molar refractivity (Wildman–Crippen MR) is 147 cm³/mol. The molecule has 3 aromatic rings. The third kappa shape index (κ3) is 9.12. The average molecular weight is 542 g/mol. The molecular weight excluding hydrogens is 513 g/mol. The minimum atomic E-state index is -0.917. The molecule has 0 bridgehead atoms. The molecule has 0 aromatic heterocycles. The molecule has 0 saturated heterocycles. The van der Waals surface area contributed by atoms with E-state index in [1.807, 2.05) is 61.5 Å². The van der Waals surface area contributed by atoms with Gasteiger partial charge in [-0.1, -0.05) is 72.6 Å². The third-order valence-corrected chi connectivity index (χ3v) is 5.73. The van der Waals surface area contributed by atoms with E-state index in [1.165, 1.54) is 12.3 Å². The fourth-order valence-electron chi connectivity index (χ4n) is 3.32. The molecule has 0 radical (unpaired) electrons. The van der Waals surface area contributed by atoms with Crippen LogP contribution in [-0.4, -0.2) is 36.8 Å². The second-order valence-electron chi connectivity index (χ2n) is 8.24. The van der Waals surface area contributed by atoms with E-state index >= 15 is 0 Å². The number of nitrogens with one attached hydrogen (secondary N) is 2. The summed E-state index contributed by atoms with van der Waals surface area (Å²) in [5.41, 5.74) is 4.16. The Morgan fingerprint density at radius 3 is 2.51 bits per heavy atom. The van der Waals surface area contributed by atoms with Crippen molar-refractivity contribution in [2.24, 2.45) is 5.10 Å². The smallest absolute Gasteiger partial charge is 0.262 e. The van der Waals surface area contributed by atoms with Gasteiger partial charge in [-0.15, -0.1) is 0 Å². The lowest BCUT2D eigenvalue weighted by Gasteiger charge is -2.21. The number of amides is 2. The predicted octanol–water partition coefficient (Wildman–Crippen LogP) is 5.43. The number of rotatable bonds is 12. The lowest BCUT2D eigenvalue weighted by atomic mass is 10.1. The molecule has 194 valence electrons. The van der Waals surface area contributed by atoms with Crippen LogP contribution in [0.15, 0.2) is 77.9 Å². The van der Waals surface area contributed by atoms with E-state index < -0.39 is 24.0 Å². The summed E-state index contributed by atoms with van der Waals surface area (Å²) in [7, 11) is 0. The largest absolute Gasteiger partial charge is 0.494 e. The van der Waals surface area contributed by atoms with Crippen LogP contribution >= 0.6 is 23.2 Å². The number of hydrazone groups is 1. The van der Waals surface area contributed by atoms with Crippen molar-refractivity contribution in [3.05, 3.63) is 94.0 Å². The molecule has 9 heteroatoms. The van der Waals surface area contributed by atoms with Crippen LogP contribution in [0, 0.1) is 0 Å². The summed E-state index contributed by atoms with van der Waals surface area (Å²) in [4.78, 5) is 25.9. The van der Waals surface area contributed by atoms with Crippen LogP contribution in [0.1, 0.15) is 31.4 Å². The molecule has 0 unspecified atom stereocenters. The molecule has 2 N–H and O–H groups in total. The van der Waals surface area contributed by atoms with Gasteiger partial charge in [0, 0.05) is 11.4 Å². The van der Waals surface area contributed by atoms with Crippen molar-refractivity contribution in [1.82, 2.24) is 10.7 Å². The van der Waals surface area contributed by atoms with E-state index in [4.69, 9.17) is 32.7 Å². The Bertz CT molecular complexity index is 1220. The van der Waals surface area contributed by atoms with Gasteiger partial charge in [-0.2, -0.15) is 5.10 Å². The minimum Gasteiger partial charge on any atom is -0.494 e. The molecular formula is C28H29Cl2N3O4. The van der Waals surface area contributed by atoms with Gasteiger partial charge in [-0.05, 0) is 54.8 Å². The molecule has 0 aliphatic carbocycles. The topological polar surface area (TPSA) is 89.0 Å². The first-order chi connectivity index (χ1) is 17.9. The molecule has 0 aliphatic rings. The number of halogens is 2. The molecule has 3 rings (SSSR count). The van der Waals surface area contributed by atoms with E-state index in [0.29, 0.717) is 17.4 Å². The number of benzene rings is 3. The summed E-state index contributed by atoms with van der Waals surface area (Å²) in [5.74, 6) is 0.0871. The Morgan fingerprint density at radius 2 is 1.78 bits per heavy atom. The van der Waals surface area contributed by atoms with Gasteiger partial charge >= 0.3 is 0 Å². The Balaban J connectivity index is 1.67. The zero-order valence-corrected chi connectivity index (χ0v) is 22.1. The van der Waals surface area contributed by atoms with E-state index in [0.717, 1.165) is 23.3 Å². The molecule has 7 nitrogen and oxygen atoms in total. The van der Waals surface area contributed by atoms with Gasteiger partial charge in [0.05, 0.1) is 17.8 Å². The van der Waals surface area contributed by atoms with E-state index in [1.54, 1.807) is 19.1 Å². The van der Waals surface area contributed by atoms with Crippen molar-refractivity contribution < 1.29 is 19.1 Å². The van der Waals surface area contributed by atoms with Crippen LogP contribution < -0.4 is 20.2 Å². The molecule has 37 heavy (non-hydrogen) atoms. The Morgan fingerprint density at radius 1 is 1.00 bits per heavy atom. The minimum absolute atomic E-state index is 0.267. The maximum Gasteiger partial charge on any atom is 0.262 e. The molecule has 0 saturated carbocycles. The SMILES string of the molecule is CCCOc1cccc(/C=N\NC(=O)[C@H](Cc2ccccc2)NC(=O)[C@@H](C)Oc2ccc(Cl)cc2Cl)c1. The van der Waals surface area contributed by atoms with Gasteiger partial charge in [-0.25, -0.2) is 5.43 Å². The van der Waals surface area contributed by atoms with Gasteiger partial charge in [0.25, 0.3) is 11.8 Å². The molecule has 0 heterocycles.